The smallest absolute Gasteiger partial charge is 0.224 e. The van der Waals surface area contributed by atoms with Gasteiger partial charge < -0.3 is 5.32 Å². The predicted molar refractivity (Wildman–Crippen MR) is 99.9 cm³/mol. The minimum atomic E-state index is -0.0126. The fourth-order valence-electron chi connectivity index (χ4n) is 3.23. The van der Waals surface area contributed by atoms with Crippen LogP contribution in [0.3, 0.4) is 0 Å². The van der Waals surface area contributed by atoms with Crippen molar-refractivity contribution < 1.29 is 9.59 Å². The van der Waals surface area contributed by atoms with Crippen LogP contribution in [0.5, 0.6) is 0 Å². The second-order valence-corrected chi connectivity index (χ2v) is 6.44. The van der Waals surface area contributed by atoms with E-state index in [0.717, 1.165) is 54.4 Å². The molecule has 25 heavy (non-hydrogen) atoms. The van der Waals surface area contributed by atoms with Gasteiger partial charge in [0.2, 0.25) is 5.91 Å². The normalized spacial score (nSPS) is 14.2. The van der Waals surface area contributed by atoms with Crippen LogP contribution in [-0.4, -0.2) is 12.2 Å². The number of carbonyl (C=O) groups excluding carboxylic acids is 2. The maximum atomic E-state index is 12.2. The summed E-state index contributed by atoms with van der Waals surface area (Å²) in [6.45, 7) is 0. The third kappa shape index (κ3) is 4.66. The summed E-state index contributed by atoms with van der Waals surface area (Å²) in [5.41, 5.74) is 5.06. The second kappa shape index (κ2) is 8.43. The molecule has 2 aromatic rings. The lowest BCUT2D eigenvalue weighted by Gasteiger charge is -2.17. The number of amides is 1. The Bertz CT molecular complexity index is 778. The lowest BCUT2D eigenvalue weighted by atomic mass is 9.97. The van der Waals surface area contributed by atoms with Crippen molar-refractivity contribution >= 4 is 12.2 Å². The Labute approximate surface area is 148 Å². The molecule has 1 amide bonds. The number of benzene rings is 2. The van der Waals surface area contributed by atoms with Crippen molar-refractivity contribution in [2.24, 2.45) is 0 Å². The van der Waals surface area contributed by atoms with Gasteiger partial charge in [-0.25, -0.2) is 0 Å². The van der Waals surface area contributed by atoms with Gasteiger partial charge in [-0.15, -0.1) is 0 Å². The Morgan fingerprint density at radius 2 is 1.72 bits per heavy atom. The molecule has 1 aliphatic rings. The van der Waals surface area contributed by atoms with Crippen LogP contribution in [0.2, 0.25) is 0 Å². The molecule has 3 rings (SSSR count). The average molecular weight is 333 g/mol. The minimum absolute atomic E-state index is 0.0126. The van der Waals surface area contributed by atoms with Crippen LogP contribution in [0.25, 0.3) is 11.1 Å². The average Bonchev–Trinajstić information content (AvgIpc) is 2.68. The van der Waals surface area contributed by atoms with Crippen molar-refractivity contribution in [2.45, 2.75) is 38.5 Å². The Morgan fingerprint density at radius 3 is 2.52 bits per heavy atom. The number of aryl methyl sites for hydroxylation is 1. The van der Waals surface area contributed by atoms with Gasteiger partial charge in [0.1, 0.15) is 6.29 Å². The first-order valence-electron chi connectivity index (χ1n) is 8.87. The molecule has 0 atom stereocenters. The maximum absolute atomic E-state index is 12.2. The van der Waals surface area contributed by atoms with Gasteiger partial charge in [0.15, 0.2) is 0 Å². The summed E-state index contributed by atoms with van der Waals surface area (Å²) < 4.78 is 0. The van der Waals surface area contributed by atoms with Crippen LogP contribution in [0.4, 0.5) is 0 Å². The Hall–Kier alpha value is -2.68. The van der Waals surface area contributed by atoms with E-state index in [1.807, 2.05) is 24.3 Å². The first-order valence-corrected chi connectivity index (χ1v) is 8.87. The zero-order valence-electron chi connectivity index (χ0n) is 14.3. The number of nitrogens with one attached hydrogen (secondary N) is 1. The molecular formula is C22H23NO2. The highest BCUT2D eigenvalue weighted by Crippen LogP contribution is 2.22. The van der Waals surface area contributed by atoms with E-state index in [2.05, 4.69) is 35.6 Å². The van der Waals surface area contributed by atoms with Crippen molar-refractivity contribution in [3.8, 4) is 11.1 Å². The highest BCUT2D eigenvalue weighted by molar-refractivity contribution is 5.81. The van der Waals surface area contributed by atoms with Crippen LogP contribution >= 0.6 is 0 Å². The summed E-state index contributed by atoms with van der Waals surface area (Å²) in [4.78, 5) is 23.3. The number of hydrogen-bond donors (Lipinski definition) is 1. The van der Waals surface area contributed by atoms with Gasteiger partial charge >= 0.3 is 0 Å². The lowest BCUT2D eigenvalue weighted by Crippen LogP contribution is -2.26. The lowest BCUT2D eigenvalue weighted by molar-refractivity contribution is -0.120. The van der Waals surface area contributed by atoms with Gasteiger partial charge in [-0.05, 0) is 48.8 Å². The van der Waals surface area contributed by atoms with Gasteiger partial charge in [0.05, 0.1) is 0 Å². The molecule has 1 N–H and O–H groups in total. The molecule has 128 valence electrons. The standard InChI is InChI=1S/C22H23NO2/c24-16-20-10-4-5-12-21(20)23-22(25)14-13-17-7-6-11-19(15-17)18-8-2-1-3-9-18/h1-3,6-9,11,15-16H,4-5,10,12-14H2,(H,23,25). The summed E-state index contributed by atoms with van der Waals surface area (Å²) in [6.07, 6.45) is 5.63. The third-order valence-electron chi connectivity index (χ3n) is 4.62. The second-order valence-electron chi connectivity index (χ2n) is 6.44. The molecule has 3 heteroatoms. The van der Waals surface area contributed by atoms with Crippen molar-refractivity contribution in [1.82, 2.24) is 5.32 Å². The fraction of sp³-hybridized carbons (Fsp3) is 0.273. The van der Waals surface area contributed by atoms with Crippen molar-refractivity contribution in [1.29, 1.82) is 0 Å². The first kappa shape index (κ1) is 17.2. The van der Waals surface area contributed by atoms with Crippen molar-refractivity contribution in [3.05, 3.63) is 71.4 Å². The molecule has 3 nitrogen and oxygen atoms in total. The molecule has 0 unspecified atom stereocenters. The quantitative estimate of drug-likeness (QED) is 0.795. The fourth-order valence-corrected chi connectivity index (χ4v) is 3.23. The van der Waals surface area contributed by atoms with E-state index in [9.17, 15) is 9.59 Å². The largest absolute Gasteiger partial charge is 0.329 e. The molecule has 0 radical (unpaired) electrons. The van der Waals surface area contributed by atoms with Gasteiger partial charge in [0.25, 0.3) is 0 Å². The zero-order chi connectivity index (χ0) is 17.5. The van der Waals surface area contributed by atoms with E-state index < -0.39 is 0 Å². The number of hydrogen-bond acceptors (Lipinski definition) is 2. The van der Waals surface area contributed by atoms with Crippen molar-refractivity contribution in [3.63, 3.8) is 0 Å². The summed E-state index contributed by atoms with van der Waals surface area (Å²) in [5, 5.41) is 2.95. The van der Waals surface area contributed by atoms with Crippen LogP contribution in [0.1, 0.15) is 37.7 Å². The maximum Gasteiger partial charge on any atom is 0.224 e. The monoisotopic (exact) mass is 333 g/mol. The molecule has 0 bridgehead atoms. The van der Waals surface area contributed by atoms with E-state index in [1.165, 1.54) is 5.56 Å². The highest BCUT2D eigenvalue weighted by Gasteiger charge is 2.14. The number of rotatable bonds is 6. The van der Waals surface area contributed by atoms with Crippen LogP contribution in [-0.2, 0) is 16.0 Å². The molecule has 0 heterocycles. The van der Waals surface area contributed by atoms with Gasteiger partial charge in [-0.3, -0.25) is 9.59 Å². The Balaban J connectivity index is 1.61. The predicted octanol–water partition coefficient (Wildman–Crippen LogP) is 4.43. The van der Waals surface area contributed by atoms with Crippen molar-refractivity contribution in [2.75, 3.05) is 0 Å². The van der Waals surface area contributed by atoms with E-state index in [-0.39, 0.29) is 5.91 Å². The van der Waals surface area contributed by atoms with Gasteiger partial charge in [-0.2, -0.15) is 0 Å². The Kier molecular flexibility index (Phi) is 5.78. The summed E-state index contributed by atoms with van der Waals surface area (Å²) in [5.74, 6) is -0.0126. The summed E-state index contributed by atoms with van der Waals surface area (Å²) >= 11 is 0. The molecule has 0 saturated heterocycles. The van der Waals surface area contributed by atoms with E-state index in [1.54, 1.807) is 0 Å². The topological polar surface area (TPSA) is 46.2 Å². The van der Waals surface area contributed by atoms with Crippen LogP contribution < -0.4 is 5.32 Å². The van der Waals surface area contributed by atoms with Gasteiger partial charge in [-0.1, -0.05) is 54.6 Å². The highest BCUT2D eigenvalue weighted by atomic mass is 16.1. The third-order valence-corrected chi connectivity index (χ3v) is 4.62. The zero-order valence-corrected chi connectivity index (χ0v) is 14.3. The first-order chi connectivity index (χ1) is 12.3. The SMILES string of the molecule is O=CC1=C(NC(=O)CCc2cccc(-c3ccccc3)c2)CCCC1. The summed E-state index contributed by atoms with van der Waals surface area (Å²) in [7, 11) is 0. The molecule has 1 aliphatic carbocycles. The number of aldehydes is 1. The van der Waals surface area contributed by atoms with E-state index in [4.69, 9.17) is 0 Å². The molecule has 0 saturated carbocycles. The molecule has 0 fully saturated rings. The molecule has 0 aromatic heterocycles. The molecule has 0 spiro atoms. The van der Waals surface area contributed by atoms with Gasteiger partial charge in [0, 0.05) is 17.7 Å². The van der Waals surface area contributed by atoms with Crippen LogP contribution in [0, 0.1) is 0 Å². The number of allylic oxidation sites excluding steroid dienone is 2. The van der Waals surface area contributed by atoms with E-state index in [0.29, 0.717) is 12.8 Å². The molecule has 0 aliphatic heterocycles. The molecule has 2 aromatic carbocycles. The Morgan fingerprint density at radius 1 is 0.960 bits per heavy atom. The summed E-state index contributed by atoms with van der Waals surface area (Å²) in [6, 6.07) is 18.5. The number of carbonyl (C=O) groups is 2. The molecular weight excluding hydrogens is 310 g/mol. The van der Waals surface area contributed by atoms with Crippen LogP contribution in [0.15, 0.2) is 65.9 Å². The van der Waals surface area contributed by atoms with E-state index >= 15 is 0 Å². The minimum Gasteiger partial charge on any atom is -0.329 e.